The topological polar surface area (TPSA) is 43.8 Å². The first-order valence-electron chi connectivity index (χ1n) is 9.72. The lowest BCUT2D eigenvalue weighted by atomic mass is 9.73. The summed E-state index contributed by atoms with van der Waals surface area (Å²) in [6, 6.07) is 26.8. The van der Waals surface area contributed by atoms with Gasteiger partial charge in [-0.1, -0.05) is 78.3 Å². The van der Waals surface area contributed by atoms with Crippen molar-refractivity contribution in [2.24, 2.45) is 0 Å². The quantitative estimate of drug-likeness (QED) is 0.654. The van der Waals surface area contributed by atoms with E-state index in [4.69, 9.17) is 11.6 Å². The lowest BCUT2D eigenvalue weighted by Crippen LogP contribution is -2.62. The standard InChI is InChI=1S/C24H21ClN2O2/c25-19-11-12-20-21(13-19)27(23(28)29)16-24(20)14-26(15-24)22(17-7-3-1-4-8-17)18-9-5-2-6-10-18/h1-13,22H,14-16H2,(H,28,29). The van der Waals surface area contributed by atoms with Crippen molar-refractivity contribution in [3.05, 3.63) is 101 Å². The summed E-state index contributed by atoms with van der Waals surface area (Å²) in [5, 5.41) is 10.3. The van der Waals surface area contributed by atoms with Crippen molar-refractivity contribution < 1.29 is 9.90 Å². The zero-order valence-corrected chi connectivity index (χ0v) is 16.6. The minimum absolute atomic E-state index is 0.151. The average Bonchev–Trinajstić information content (AvgIpc) is 3.04. The van der Waals surface area contributed by atoms with Gasteiger partial charge in [-0.15, -0.1) is 0 Å². The normalized spacial score (nSPS) is 17.4. The molecule has 1 saturated heterocycles. The van der Waals surface area contributed by atoms with E-state index >= 15 is 0 Å². The molecular weight excluding hydrogens is 384 g/mol. The Morgan fingerprint density at radius 3 is 2.03 bits per heavy atom. The maximum absolute atomic E-state index is 11.8. The highest BCUT2D eigenvalue weighted by molar-refractivity contribution is 6.31. The van der Waals surface area contributed by atoms with E-state index in [1.54, 1.807) is 6.07 Å². The summed E-state index contributed by atoms with van der Waals surface area (Å²) >= 11 is 6.16. The second-order valence-electron chi connectivity index (χ2n) is 7.94. The zero-order valence-electron chi connectivity index (χ0n) is 15.8. The minimum Gasteiger partial charge on any atom is -0.465 e. The van der Waals surface area contributed by atoms with Crippen LogP contribution in [0.3, 0.4) is 0 Å². The van der Waals surface area contributed by atoms with Gasteiger partial charge in [-0.2, -0.15) is 0 Å². The van der Waals surface area contributed by atoms with Gasteiger partial charge < -0.3 is 5.11 Å². The van der Waals surface area contributed by atoms with Crippen molar-refractivity contribution in [1.82, 2.24) is 4.90 Å². The fraction of sp³-hybridized carbons (Fsp3) is 0.208. The maximum atomic E-state index is 11.8. The van der Waals surface area contributed by atoms with E-state index in [1.807, 2.05) is 24.3 Å². The van der Waals surface area contributed by atoms with Crippen molar-refractivity contribution in [2.45, 2.75) is 11.5 Å². The van der Waals surface area contributed by atoms with Crippen LogP contribution in [-0.4, -0.2) is 35.7 Å². The van der Waals surface area contributed by atoms with Crippen LogP contribution in [0.1, 0.15) is 22.7 Å². The third-order valence-corrected chi connectivity index (χ3v) is 6.36. The Morgan fingerprint density at radius 2 is 1.48 bits per heavy atom. The Bertz CT molecular complexity index is 1010. The van der Waals surface area contributed by atoms with E-state index in [2.05, 4.69) is 53.4 Å². The summed E-state index contributed by atoms with van der Waals surface area (Å²) in [5.41, 5.74) is 4.12. The highest BCUT2D eigenvalue weighted by Crippen LogP contribution is 2.50. The molecule has 3 aromatic rings. The third-order valence-electron chi connectivity index (χ3n) is 6.12. The van der Waals surface area contributed by atoms with E-state index in [1.165, 1.54) is 16.0 Å². The predicted octanol–water partition coefficient (Wildman–Crippen LogP) is 5.18. The number of carboxylic acid groups (broad SMARTS) is 1. The number of benzene rings is 3. The zero-order chi connectivity index (χ0) is 20.0. The number of hydrogen-bond acceptors (Lipinski definition) is 2. The molecule has 0 radical (unpaired) electrons. The van der Waals surface area contributed by atoms with Crippen LogP contribution < -0.4 is 4.90 Å². The van der Waals surface area contributed by atoms with Gasteiger partial charge in [0.2, 0.25) is 0 Å². The number of fused-ring (bicyclic) bond motifs is 2. The molecule has 5 heteroatoms. The van der Waals surface area contributed by atoms with Crippen LogP contribution in [0.2, 0.25) is 5.02 Å². The molecule has 0 bridgehead atoms. The molecule has 2 aliphatic rings. The molecular formula is C24H21ClN2O2. The van der Waals surface area contributed by atoms with Gasteiger partial charge in [0.15, 0.2) is 0 Å². The summed E-state index contributed by atoms with van der Waals surface area (Å²) in [7, 11) is 0. The van der Waals surface area contributed by atoms with Crippen molar-refractivity contribution in [2.75, 3.05) is 24.5 Å². The van der Waals surface area contributed by atoms with Crippen LogP contribution in [0.25, 0.3) is 0 Å². The molecule has 1 N–H and O–H groups in total. The van der Waals surface area contributed by atoms with Gasteiger partial charge in [0.25, 0.3) is 0 Å². The first kappa shape index (κ1) is 18.2. The first-order valence-corrected chi connectivity index (χ1v) is 10.1. The smallest absolute Gasteiger partial charge is 0.411 e. The van der Waals surface area contributed by atoms with Crippen LogP contribution in [0.5, 0.6) is 0 Å². The van der Waals surface area contributed by atoms with Crippen LogP contribution in [-0.2, 0) is 5.41 Å². The molecule has 146 valence electrons. The van der Waals surface area contributed by atoms with Gasteiger partial charge in [0, 0.05) is 30.1 Å². The minimum atomic E-state index is -0.925. The number of amides is 1. The van der Waals surface area contributed by atoms with Gasteiger partial charge in [-0.25, -0.2) is 4.79 Å². The summed E-state index contributed by atoms with van der Waals surface area (Å²) in [6.07, 6.45) is -0.925. The van der Waals surface area contributed by atoms with Crippen LogP contribution in [0.4, 0.5) is 10.5 Å². The summed E-state index contributed by atoms with van der Waals surface area (Å²) in [6.45, 7) is 2.09. The molecule has 3 aromatic carbocycles. The highest BCUT2D eigenvalue weighted by Gasteiger charge is 2.54. The second kappa shape index (κ2) is 6.90. The summed E-state index contributed by atoms with van der Waals surface area (Å²) in [4.78, 5) is 15.7. The molecule has 1 amide bonds. The second-order valence-corrected chi connectivity index (χ2v) is 8.38. The first-order chi connectivity index (χ1) is 14.1. The van der Waals surface area contributed by atoms with Crippen molar-refractivity contribution in [3.63, 3.8) is 0 Å². The fourth-order valence-electron chi connectivity index (χ4n) is 4.89. The van der Waals surface area contributed by atoms with E-state index in [0.29, 0.717) is 11.6 Å². The number of hydrogen-bond donors (Lipinski definition) is 1. The van der Waals surface area contributed by atoms with Gasteiger partial charge in [-0.3, -0.25) is 9.80 Å². The van der Waals surface area contributed by atoms with Gasteiger partial charge in [0.1, 0.15) is 0 Å². The molecule has 4 nitrogen and oxygen atoms in total. The Morgan fingerprint density at radius 1 is 0.897 bits per heavy atom. The molecule has 29 heavy (non-hydrogen) atoms. The SMILES string of the molecule is O=C(O)N1CC2(CN(C(c3ccccc3)c3ccccc3)C2)c2ccc(Cl)cc21. The van der Waals surface area contributed by atoms with Gasteiger partial charge in [-0.05, 0) is 28.8 Å². The molecule has 2 heterocycles. The van der Waals surface area contributed by atoms with E-state index < -0.39 is 6.09 Å². The fourth-order valence-corrected chi connectivity index (χ4v) is 5.06. The molecule has 1 fully saturated rings. The van der Waals surface area contributed by atoms with Crippen molar-refractivity contribution in [3.8, 4) is 0 Å². The Labute approximate surface area is 175 Å². The number of nitrogens with zero attached hydrogens (tertiary/aromatic N) is 2. The van der Waals surface area contributed by atoms with Gasteiger partial charge in [0.05, 0.1) is 11.7 Å². The maximum Gasteiger partial charge on any atom is 0.411 e. The van der Waals surface area contributed by atoms with Crippen LogP contribution >= 0.6 is 11.6 Å². The van der Waals surface area contributed by atoms with Crippen LogP contribution in [0.15, 0.2) is 78.9 Å². The van der Waals surface area contributed by atoms with Crippen molar-refractivity contribution >= 4 is 23.4 Å². The number of halogens is 1. The van der Waals surface area contributed by atoms with Crippen LogP contribution in [0, 0.1) is 0 Å². The molecule has 5 rings (SSSR count). The largest absolute Gasteiger partial charge is 0.465 e. The molecule has 0 unspecified atom stereocenters. The van der Waals surface area contributed by atoms with E-state index in [0.717, 1.165) is 24.3 Å². The number of carbonyl (C=O) groups is 1. The lowest BCUT2D eigenvalue weighted by Gasteiger charge is -2.52. The Balaban J connectivity index is 1.49. The monoisotopic (exact) mass is 404 g/mol. The third kappa shape index (κ3) is 3.00. The lowest BCUT2D eigenvalue weighted by molar-refractivity contribution is 0.0465. The number of rotatable bonds is 3. The molecule has 2 aliphatic heterocycles. The number of anilines is 1. The Kier molecular flexibility index (Phi) is 4.34. The van der Waals surface area contributed by atoms with E-state index in [-0.39, 0.29) is 11.5 Å². The molecule has 0 aliphatic carbocycles. The molecule has 0 atom stereocenters. The van der Waals surface area contributed by atoms with E-state index in [9.17, 15) is 9.90 Å². The average molecular weight is 405 g/mol. The molecule has 0 aromatic heterocycles. The highest BCUT2D eigenvalue weighted by atomic mass is 35.5. The summed E-state index contributed by atoms with van der Waals surface area (Å²) in [5.74, 6) is 0. The molecule has 0 saturated carbocycles. The number of likely N-dealkylation sites (tertiary alicyclic amines) is 1. The predicted molar refractivity (Wildman–Crippen MR) is 115 cm³/mol. The summed E-state index contributed by atoms with van der Waals surface area (Å²) < 4.78 is 0. The molecule has 1 spiro atoms. The van der Waals surface area contributed by atoms with Gasteiger partial charge >= 0.3 is 6.09 Å². The van der Waals surface area contributed by atoms with Crippen molar-refractivity contribution in [1.29, 1.82) is 0 Å². The Hall–Kier alpha value is -2.82.